The van der Waals surface area contributed by atoms with Gasteiger partial charge in [-0.1, -0.05) is 93.6 Å². The monoisotopic (exact) mass is 450 g/mol. The second-order valence-electron chi connectivity index (χ2n) is 10.2. The van der Waals surface area contributed by atoms with Crippen molar-refractivity contribution in [3.8, 4) is 0 Å². The predicted octanol–water partition coefficient (Wildman–Crippen LogP) is 6.60. The topological polar surface area (TPSA) is 38.7 Å². The van der Waals surface area contributed by atoms with Gasteiger partial charge in [0.2, 0.25) is 0 Å². The Labute approximate surface area is 194 Å². The van der Waals surface area contributed by atoms with Crippen molar-refractivity contribution in [3.63, 3.8) is 0 Å². The van der Waals surface area contributed by atoms with Crippen LogP contribution in [0.5, 0.6) is 0 Å². The summed E-state index contributed by atoms with van der Waals surface area (Å²) in [5, 5.41) is 13.8. The lowest BCUT2D eigenvalue weighted by Gasteiger charge is -2.37. The van der Waals surface area contributed by atoms with Crippen LogP contribution in [0.4, 0.5) is 0 Å². The fourth-order valence-electron chi connectivity index (χ4n) is 3.61. The molecule has 0 saturated carbocycles. The second kappa shape index (κ2) is 10.8. The first-order chi connectivity index (χ1) is 15.2. The number of fused-ring (bicyclic) bond motifs is 1. The largest absolute Gasteiger partial charge is 0.414 e. The smallest absolute Gasteiger partial charge is 0.192 e. The number of aliphatic hydroxyl groups excluding tert-OH is 1. The minimum Gasteiger partial charge on any atom is -0.414 e. The van der Waals surface area contributed by atoms with Gasteiger partial charge in [-0.2, -0.15) is 0 Å². The normalized spacial score (nSPS) is 14.4. The number of ether oxygens (including phenoxy) is 1. The summed E-state index contributed by atoms with van der Waals surface area (Å²) in [6.45, 7) is 12.5. The molecular formula is C28H38O3Si. The molecule has 172 valence electrons. The van der Waals surface area contributed by atoms with Gasteiger partial charge in [0.15, 0.2) is 8.32 Å². The number of rotatable bonds is 10. The molecule has 0 saturated heterocycles. The molecule has 0 aliphatic heterocycles. The van der Waals surface area contributed by atoms with Crippen molar-refractivity contribution in [1.29, 1.82) is 0 Å². The molecule has 3 aromatic carbocycles. The highest BCUT2D eigenvalue weighted by Crippen LogP contribution is 2.37. The van der Waals surface area contributed by atoms with Crippen LogP contribution in [0.15, 0.2) is 72.8 Å². The molecule has 4 heteroatoms. The molecule has 3 rings (SSSR count). The van der Waals surface area contributed by atoms with Gasteiger partial charge in [-0.25, -0.2) is 0 Å². The Hall–Kier alpha value is -1.98. The van der Waals surface area contributed by atoms with Crippen LogP contribution < -0.4 is 0 Å². The minimum absolute atomic E-state index is 0.0470. The second-order valence-corrected chi connectivity index (χ2v) is 15.1. The average molecular weight is 451 g/mol. The first-order valence-corrected chi connectivity index (χ1v) is 14.5. The maximum absolute atomic E-state index is 11.2. The summed E-state index contributed by atoms with van der Waals surface area (Å²) in [6.07, 6.45) is 0.164. The van der Waals surface area contributed by atoms with Gasteiger partial charge in [-0.15, -0.1) is 0 Å². The number of hydrogen-bond acceptors (Lipinski definition) is 3. The predicted molar refractivity (Wildman–Crippen MR) is 136 cm³/mol. The summed E-state index contributed by atoms with van der Waals surface area (Å²) in [6, 6.07) is 25.0. The minimum atomic E-state index is -1.93. The van der Waals surface area contributed by atoms with E-state index in [1.54, 1.807) is 0 Å². The Kier molecular flexibility index (Phi) is 8.29. The molecule has 0 amide bonds. The Morgan fingerprint density at radius 2 is 1.50 bits per heavy atom. The highest BCUT2D eigenvalue weighted by molar-refractivity contribution is 6.74. The van der Waals surface area contributed by atoms with Gasteiger partial charge >= 0.3 is 0 Å². The van der Waals surface area contributed by atoms with Crippen LogP contribution in [0.2, 0.25) is 18.1 Å². The van der Waals surface area contributed by atoms with Gasteiger partial charge in [0, 0.05) is 5.92 Å². The van der Waals surface area contributed by atoms with Crippen LogP contribution in [-0.2, 0) is 22.2 Å². The molecule has 0 aliphatic carbocycles. The van der Waals surface area contributed by atoms with E-state index in [-0.39, 0.29) is 11.0 Å². The summed E-state index contributed by atoms with van der Waals surface area (Å²) in [5.41, 5.74) is 2.38. The maximum Gasteiger partial charge on any atom is 0.192 e. The Morgan fingerprint density at radius 1 is 0.844 bits per heavy atom. The molecule has 0 fully saturated rings. The molecule has 0 bridgehead atoms. The van der Waals surface area contributed by atoms with Crippen LogP contribution in [0, 0.1) is 5.92 Å². The highest BCUT2D eigenvalue weighted by Gasteiger charge is 2.38. The van der Waals surface area contributed by atoms with Crippen molar-refractivity contribution in [3.05, 3.63) is 83.9 Å². The first kappa shape index (κ1) is 24.7. The molecule has 0 aliphatic rings. The van der Waals surface area contributed by atoms with Gasteiger partial charge in [-0.05, 0) is 46.5 Å². The van der Waals surface area contributed by atoms with Crippen LogP contribution in [0.25, 0.3) is 10.8 Å². The van der Waals surface area contributed by atoms with Crippen molar-refractivity contribution < 1.29 is 14.3 Å². The molecule has 2 atom stereocenters. The van der Waals surface area contributed by atoms with E-state index in [9.17, 15) is 5.11 Å². The lowest BCUT2D eigenvalue weighted by molar-refractivity contribution is -0.00246. The van der Waals surface area contributed by atoms with Crippen molar-refractivity contribution in [2.45, 2.75) is 58.0 Å². The molecule has 0 spiro atoms. The Balaban J connectivity index is 1.73. The van der Waals surface area contributed by atoms with Gasteiger partial charge < -0.3 is 14.3 Å². The quantitative estimate of drug-likeness (QED) is 0.354. The maximum atomic E-state index is 11.2. The van der Waals surface area contributed by atoms with Crippen LogP contribution in [0.1, 0.15) is 31.9 Å². The molecule has 0 heterocycles. The average Bonchev–Trinajstić information content (AvgIpc) is 2.77. The standard InChI is InChI=1S/C28H38O3Si/c1-28(2,3)32(4,5)31-21-27(29)25(20-30-19-22-12-7-6-8-13-22)18-24-16-11-15-23-14-9-10-17-26(23)24/h6-17,25,27,29H,18-21H2,1-5H3. The van der Waals surface area contributed by atoms with E-state index < -0.39 is 14.4 Å². The zero-order chi connectivity index (χ0) is 23.2. The summed E-state index contributed by atoms with van der Waals surface area (Å²) in [4.78, 5) is 0. The lowest BCUT2D eigenvalue weighted by atomic mass is 9.92. The van der Waals surface area contributed by atoms with E-state index in [4.69, 9.17) is 9.16 Å². The fourth-order valence-corrected chi connectivity index (χ4v) is 4.63. The number of hydrogen-bond donors (Lipinski definition) is 1. The van der Waals surface area contributed by atoms with Gasteiger partial charge in [0.25, 0.3) is 0 Å². The summed E-state index contributed by atoms with van der Waals surface area (Å²) < 4.78 is 12.4. The molecule has 32 heavy (non-hydrogen) atoms. The SMILES string of the molecule is CC(C)(C)[Si](C)(C)OCC(O)C(COCc1ccccc1)Cc1cccc2ccccc12. The van der Waals surface area contributed by atoms with Crippen molar-refractivity contribution >= 4 is 19.1 Å². The molecule has 3 nitrogen and oxygen atoms in total. The van der Waals surface area contributed by atoms with E-state index in [0.29, 0.717) is 19.8 Å². The highest BCUT2D eigenvalue weighted by atomic mass is 28.4. The van der Waals surface area contributed by atoms with Crippen LogP contribution in [0.3, 0.4) is 0 Å². The molecule has 1 N–H and O–H groups in total. The fraction of sp³-hybridized carbons (Fsp3) is 0.429. The third kappa shape index (κ3) is 6.52. The van der Waals surface area contributed by atoms with Gasteiger partial charge in [0.05, 0.1) is 25.9 Å². The summed E-state index contributed by atoms with van der Waals surface area (Å²) in [7, 11) is -1.93. The zero-order valence-electron chi connectivity index (χ0n) is 20.2. The molecule has 2 unspecified atom stereocenters. The molecular weight excluding hydrogens is 412 g/mol. The van der Waals surface area contributed by atoms with E-state index in [0.717, 1.165) is 12.0 Å². The van der Waals surface area contributed by atoms with E-state index in [2.05, 4.69) is 88.5 Å². The molecule has 0 aromatic heterocycles. The van der Waals surface area contributed by atoms with Crippen LogP contribution >= 0.6 is 0 Å². The van der Waals surface area contributed by atoms with Crippen LogP contribution in [-0.4, -0.2) is 32.7 Å². The van der Waals surface area contributed by atoms with E-state index in [1.807, 2.05) is 18.2 Å². The molecule has 3 aromatic rings. The molecule has 0 radical (unpaired) electrons. The lowest BCUT2D eigenvalue weighted by Crippen LogP contribution is -2.44. The zero-order valence-corrected chi connectivity index (χ0v) is 21.2. The van der Waals surface area contributed by atoms with Crippen molar-refractivity contribution in [2.24, 2.45) is 5.92 Å². The van der Waals surface area contributed by atoms with E-state index >= 15 is 0 Å². The van der Waals surface area contributed by atoms with E-state index in [1.165, 1.54) is 16.3 Å². The van der Waals surface area contributed by atoms with Gasteiger partial charge in [-0.3, -0.25) is 0 Å². The third-order valence-electron chi connectivity index (χ3n) is 6.77. The van der Waals surface area contributed by atoms with Crippen molar-refractivity contribution in [1.82, 2.24) is 0 Å². The van der Waals surface area contributed by atoms with Gasteiger partial charge in [0.1, 0.15) is 0 Å². The number of benzene rings is 3. The number of aliphatic hydroxyl groups is 1. The summed E-state index contributed by atoms with van der Waals surface area (Å²) in [5.74, 6) is -0.0470. The summed E-state index contributed by atoms with van der Waals surface area (Å²) >= 11 is 0. The third-order valence-corrected chi connectivity index (χ3v) is 11.3. The Bertz CT molecular complexity index is 973. The van der Waals surface area contributed by atoms with Crippen molar-refractivity contribution in [2.75, 3.05) is 13.2 Å². The Morgan fingerprint density at radius 3 is 2.22 bits per heavy atom. The first-order valence-electron chi connectivity index (χ1n) is 11.6.